The normalized spacial score (nSPS) is 10.8. The minimum Gasteiger partial charge on any atom is -0.478 e. The summed E-state index contributed by atoms with van der Waals surface area (Å²) >= 11 is 0. The number of fused-ring (bicyclic) bond motifs is 1. The summed E-state index contributed by atoms with van der Waals surface area (Å²) in [6, 6.07) is 25.9. The zero-order valence-electron chi connectivity index (χ0n) is 18.4. The van der Waals surface area contributed by atoms with E-state index >= 15 is 0 Å². The predicted molar refractivity (Wildman–Crippen MR) is 128 cm³/mol. The molecule has 3 aromatic carbocycles. The Morgan fingerprint density at radius 1 is 1.00 bits per heavy atom. The van der Waals surface area contributed by atoms with E-state index in [1.807, 2.05) is 36.4 Å². The van der Waals surface area contributed by atoms with E-state index in [0.717, 1.165) is 11.1 Å². The molecule has 5 rings (SSSR count). The lowest BCUT2D eigenvalue weighted by Crippen LogP contribution is -2.04. The zero-order chi connectivity index (χ0) is 23.8. The smallest absolute Gasteiger partial charge is 0.336 e. The molecule has 0 spiro atoms. The maximum Gasteiger partial charge on any atom is 0.336 e. The molecule has 5 aromatic rings. The second-order valence-corrected chi connectivity index (χ2v) is 7.95. The van der Waals surface area contributed by atoms with Crippen molar-refractivity contribution in [3.63, 3.8) is 0 Å². The van der Waals surface area contributed by atoms with Gasteiger partial charge in [0.15, 0.2) is 11.7 Å². The molecule has 2 aromatic heterocycles. The Morgan fingerprint density at radius 2 is 1.74 bits per heavy atom. The van der Waals surface area contributed by atoms with E-state index < -0.39 is 11.8 Å². The van der Waals surface area contributed by atoms with Crippen LogP contribution in [0.4, 0.5) is 4.39 Å². The number of benzene rings is 2. The lowest BCUT2D eigenvalue weighted by atomic mass is 10.0. The average Bonchev–Trinajstić information content (AvgIpc) is 3.22. The molecule has 2 N–H and O–H groups in total. The lowest BCUT2D eigenvalue weighted by molar-refractivity contribution is 0.0695. The molecule has 166 valence electrons. The number of nitrogens with zero attached hydrogens (tertiary/aromatic N) is 1. The van der Waals surface area contributed by atoms with E-state index in [1.54, 1.807) is 38.1 Å². The first-order valence-corrected chi connectivity index (χ1v) is 10.6. The van der Waals surface area contributed by atoms with Gasteiger partial charge in [0.05, 0.1) is 22.2 Å². The van der Waals surface area contributed by atoms with Crippen LogP contribution in [-0.2, 0) is 0 Å². The van der Waals surface area contributed by atoms with E-state index in [2.05, 4.69) is 22.1 Å². The van der Waals surface area contributed by atoms with Crippen molar-refractivity contribution in [2.75, 3.05) is 0 Å². The number of pyridine rings is 1. The Labute approximate surface area is 195 Å². The Balaban J connectivity index is 1.47. The van der Waals surface area contributed by atoms with Crippen molar-refractivity contribution in [2.24, 2.45) is 0 Å². The molecule has 5 nitrogen and oxygen atoms in total. The van der Waals surface area contributed by atoms with Crippen LogP contribution in [0, 0.1) is 31.8 Å². The van der Waals surface area contributed by atoms with Crippen molar-refractivity contribution in [1.29, 1.82) is 0 Å². The van der Waals surface area contributed by atoms with Gasteiger partial charge in [-0.2, -0.15) is 0 Å². The number of carboxylic acids is 1. The molecule has 0 saturated heterocycles. The van der Waals surface area contributed by atoms with Crippen molar-refractivity contribution in [3.8, 4) is 34.0 Å². The summed E-state index contributed by atoms with van der Waals surface area (Å²) in [4.78, 5) is 19.0. The highest BCUT2D eigenvalue weighted by atomic mass is 19.1. The highest BCUT2D eigenvalue weighted by molar-refractivity contribution is 5.92. The van der Waals surface area contributed by atoms with Gasteiger partial charge in [-0.15, -0.1) is 0 Å². The van der Waals surface area contributed by atoms with E-state index in [0.29, 0.717) is 39.4 Å². The van der Waals surface area contributed by atoms with Gasteiger partial charge in [0.2, 0.25) is 0 Å². The summed E-state index contributed by atoms with van der Waals surface area (Å²) in [7, 11) is 0. The molecule has 6 heteroatoms. The van der Waals surface area contributed by atoms with Gasteiger partial charge in [-0.3, -0.25) is 0 Å². The number of aromatic carboxylic acids is 1. The summed E-state index contributed by atoms with van der Waals surface area (Å²) in [6.45, 7) is 3.42. The third kappa shape index (κ3) is 3.84. The molecule has 0 unspecified atom stereocenters. The van der Waals surface area contributed by atoms with Crippen molar-refractivity contribution >= 4 is 17.0 Å². The first kappa shape index (κ1) is 21.2. The van der Waals surface area contributed by atoms with Gasteiger partial charge in [-0.05, 0) is 43.2 Å². The number of hydrogen-bond donors (Lipinski definition) is 2. The molecule has 0 saturated carbocycles. The summed E-state index contributed by atoms with van der Waals surface area (Å²) in [5.74, 6) is -0.790. The van der Waals surface area contributed by atoms with Gasteiger partial charge in [-0.1, -0.05) is 48.5 Å². The second-order valence-electron chi connectivity index (χ2n) is 7.95. The summed E-state index contributed by atoms with van der Waals surface area (Å²) in [5, 5.41) is 9.48. The number of nitrogens with one attached hydrogen (secondary N) is 1. The maximum absolute atomic E-state index is 14.9. The van der Waals surface area contributed by atoms with Crippen LogP contribution in [0.25, 0.3) is 33.4 Å². The molecule has 0 radical (unpaired) electrons. The summed E-state index contributed by atoms with van der Waals surface area (Å²) < 4.78 is 20.8. The Morgan fingerprint density at radius 3 is 2.44 bits per heavy atom. The number of aromatic nitrogens is 2. The molecular weight excluding hydrogens is 431 g/mol. The molecular formula is C28H19FN2O3. The largest absolute Gasteiger partial charge is 0.478 e. The molecule has 0 amide bonds. The Hall–Kier alpha value is -4.63. The highest BCUT2D eigenvalue weighted by Gasteiger charge is 2.17. The molecule has 34 heavy (non-hydrogen) atoms. The van der Waals surface area contributed by atoms with Crippen LogP contribution in [0.3, 0.4) is 0 Å². The lowest BCUT2D eigenvalue weighted by Gasteiger charge is -2.11. The monoisotopic (exact) mass is 450 g/mol. The van der Waals surface area contributed by atoms with E-state index in [4.69, 9.17) is 4.74 Å². The fraction of sp³-hybridized carbons (Fsp3) is 0.0714. The molecule has 0 atom stereocenters. The number of rotatable bonds is 5. The number of H-pyrrole nitrogens is 1. The van der Waals surface area contributed by atoms with Crippen molar-refractivity contribution in [3.05, 3.63) is 101 Å². The van der Waals surface area contributed by atoms with E-state index in [-0.39, 0.29) is 11.3 Å². The minimum absolute atomic E-state index is 0.161. The molecule has 2 heterocycles. The van der Waals surface area contributed by atoms with Crippen LogP contribution in [0.5, 0.6) is 11.6 Å². The van der Waals surface area contributed by atoms with Gasteiger partial charge < -0.3 is 14.8 Å². The van der Waals surface area contributed by atoms with Gasteiger partial charge >= 0.3 is 5.97 Å². The summed E-state index contributed by atoms with van der Waals surface area (Å²) in [5.41, 5.74) is 4.84. The first-order chi connectivity index (χ1) is 16.4. The molecule has 0 aliphatic carbocycles. The predicted octanol–water partition coefficient (Wildman–Crippen LogP) is 6.74. The topological polar surface area (TPSA) is 75.2 Å². The van der Waals surface area contributed by atoms with Gasteiger partial charge in [-0.25, -0.2) is 14.2 Å². The SMILES string of the molecule is Cc1ccc(Oc2cc3nc(-c4c#cc(-c5ccccc5)cc4)c(F)cc3[nH]2)c(C)c1C(=O)O. The molecule has 0 aliphatic rings. The minimum atomic E-state index is -1.02. The third-order valence-electron chi connectivity index (χ3n) is 5.68. The van der Waals surface area contributed by atoms with Crippen molar-refractivity contribution in [1.82, 2.24) is 9.97 Å². The molecule has 0 bridgehead atoms. The van der Waals surface area contributed by atoms with E-state index in [9.17, 15) is 14.3 Å². The summed E-state index contributed by atoms with van der Waals surface area (Å²) in [6.07, 6.45) is 0. The number of carbonyl (C=O) groups is 1. The van der Waals surface area contributed by atoms with Crippen LogP contribution in [0.1, 0.15) is 21.5 Å². The van der Waals surface area contributed by atoms with Crippen LogP contribution >= 0.6 is 0 Å². The first-order valence-electron chi connectivity index (χ1n) is 10.6. The van der Waals surface area contributed by atoms with Gasteiger partial charge in [0.1, 0.15) is 11.4 Å². The van der Waals surface area contributed by atoms with Gasteiger partial charge in [0, 0.05) is 23.3 Å². The highest BCUT2D eigenvalue weighted by Crippen LogP contribution is 2.32. The Bertz CT molecular complexity index is 1520. The third-order valence-corrected chi connectivity index (χ3v) is 5.68. The number of aromatic amines is 1. The molecule has 0 fully saturated rings. The number of carboxylic acid groups (broad SMARTS) is 1. The van der Waals surface area contributed by atoms with Crippen LogP contribution in [0.15, 0.2) is 66.7 Å². The number of hydrogen-bond acceptors (Lipinski definition) is 3. The fourth-order valence-corrected chi connectivity index (χ4v) is 3.95. The quantitative estimate of drug-likeness (QED) is 0.311. The number of aryl methyl sites for hydroxylation is 1. The zero-order valence-corrected chi connectivity index (χ0v) is 18.4. The van der Waals surface area contributed by atoms with Gasteiger partial charge in [0.25, 0.3) is 0 Å². The van der Waals surface area contributed by atoms with Crippen LogP contribution in [-0.4, -0.2) is 21.0 Å². The Kier molecular flexibility index (Phi) is 5.23. The average molecular weight is 450 g/mol. The van der Waals surface area contributed by atoms with E-state index in [1.165, 1.54) is 6.07 Å². The van der Waals surface area contributed by atoms with Crippen LogP contribution in [0.2, 0.25) is 0 Å². The fourth-order valence-electron chi connectivity index (χ4n) is 3.95. The number of halogens is 1. The van der Waals surface area contributed by atoms with Crippen LogP contribution < -0.4 is 4.74 Å². The van der Waals surface area contributed by atoms with Crippen molar-refractivity contribution in [2.45, 2.75) is 13.8 Å². The molecule has 0 aliphatic heterocycles. The second kappa shape index (κ2) is 8.38. The number of ether oxygens (including phenoxy) is 1. The standard InChI is InChI=1S/C28H19FN2O3/c1-16-8-13-24(17(2)26(16)28(32)33)34-25-15-23-22(30-25)14-21(29)27(31-23)20-11-9-19(10-12-20)18-6-4-3-5-7-18/h3-9,11,13-15,30H,1-2H3,(H,32,33). The van der Waals surface area contributed by atoms with Crippen molar-refractivity contribution < 1.29 is 19.0 Å². The maximum atomic E-state index is 14.9.